The van der Waals surface area contributed by atoms with Gasteiger partial charge in [-0.3, -0.25) is 11.3 Å². The second-order valence-electron chi connectivity index (χ2n) is 4.39. The van der Waals surface area contributed by atoms with E-state index in [-0.39, 0.29) is 6.04 Å². The van der Waals surface area contributed by atoms with Gasteiger partial charge in [-0.05, 0) is 42.5 Å². The van der Waals surface area contributed by atoms with Crippen molar-refractivity contribution in [3.05, 3.63) is 33.3 Å². The van der Waals surface area contributed by atoms with Crippen molar-refractivity contribution in [2.45, 2.75) is 32.7 Å². The summed E-state index contributed by atoms with van der Waals surface area (Å²) < 4.78 is 0.986. The first-order chi connectivity index (χ1) is 7.52. The first-order valence-electron chi connectivity index (χ1n) is 5.45. The molecule has 1 aromatic carbocycles. The van der Waals surface area contributed by atoms with E-state index in [2.05, 4.69) is 41.3 Å². The highest BCUT2D eigenvalue weighted by Crippen LogP contribution is 2.26. The first-order valence-corrected chi connectivity index (χ1v) is 6.62. The van der Waals surface area contributed by atoms with Gasteiger partial charge < -0.3 is 0 Å². The summed E-state index contributed by atoms with van der Waals surface area (Å²) in [7, 11) is 0. The molecule has 0 aliphatic rings. The Balaban J connectivity index is 2.78. The average molecular weight is 306 g/mol. The molecular weight excluding hydrogens is 288 g/mol. The van der Waals surface area contributed by atoms with E-state index in [1.54, 1.807) is 0 Å². The number of hydrazine groups is 1. The molecule has 0 fully saturated rings. The Morgan fingerprint density at radius 2 is 2.00 bits per heavy atom. The van der Waals surface area contributed by atoms with E-state index in [0.29, 0.717) is 5.92 Å². The molecule has 1 aromatic rings. The summed E-state index contributed by atoms with van der Waals surface area (Å²) >= 11 is 9.45. The molecule has 16 heavy (non-hydrogen) atoms. The molecule has 0 aromatic heterocycles. The minimum atomic E-state index is 0.164. The van der Waals surface area contributed by atoms with Gasteiger partial charge >= 0.3 is 0 Å². The lowest BCUT2D eigenvalue weighted by Gasteiger charge is -2.18. The average Bonchev–Trinajstić information content (AvgIpc) is 2.16. The number of hydrogen-bond donors (Lipinski definition) is 2. The van der Waals surface area contributed by atoms with Crippen molar-refractivity contribution >= 4 is 27.5 Å². The van der Waals surface area contributed by atoms with Crippen LogP contribution in [0.3, 0.4) is 0 Å². The zero-order chi connectivity index (χ0) is 12.1. The minimum absolute atomic E-state index is 0.164. The van der Waals surface area contributed by atoms with E-state index in [4.69, 9.17) is 17.4 Å². The quantitative estimate of drug-likeness (QED) is 0.636. The normalized spacial score (nSPS) is 13.1. The van der Waals surface area contributed by atoms with Gasteiger partial charge in [-0.25, -0.2) is 0 Å². The number of nitrogens with one attached hydrogen (secondary N) is 1. The van der Waals surface area contributed by atoms with Crippen LogP contribution in [0, 0.1) is 5.92 Å². The molecule has 1 rings (SSSR count). The van der Waals surface area contributed by atoms with E-state index < -0.39 is 0 Å². The summed E-state index contributed by atoms with van der Waals surface area (Å²) in [5, 5.41) is 0.731. The predicted molar refractivity (Wildman–Crippen MR) is 73.3 cm³/mol. The van der Waals surface area contributed by atoms with Crippen molar-refractivity contribution in [1.29, 1.82) is 0 Å². The summed E-state index contributed by atoms with van der Waals surface area (Å²) in [6.07, 6.45) is 2.15. The number of hydrogen-bond acceptors (Lipinski definition) is 2. The van der Waals surface area contributed by atoms with E-state index in [1.165, 1.54) is 0 Å². The summed E-state index contributed by atoms with van der Waals surface area (Å²) in [6, 6.07) is 6.05. The zero-order valence-electron chi connectivity index (χ0n) is 9.63. The summed E-state index contributed by atoms with van der Waals surface area (Å²) in [6.45, 7) is 4.42. The highest BCUT2D eigenvalue weighted by molar-refractivity contribution is 9.10. The second-order valence-corrected chi connectivity index (χ2v) is 5.75. The summed E-state index contributed by atoms with van der Waals surface area (Å²) in [5.74, 6) is 6.26. The topological polar surface area (TPSA) is 38.0 Å². The standard InChI is InChI=1S/C12H18BrClN2/c1-8(2)3-4-12(16-15)9-5-10(13)7-11(14)6-9/h5-8,12,16H,3-4,15H2,1-2H3. The Morgan fingerprint density at radius 3 is 2.50 bits per heavy atom. The molecule has 3 N–H and O–H groups in total. The van der Waals surface area contributed by atoms with Crippen LogP contribution < -0.4 is 11.3 Å². The lowest BCUT2D eigenvalue weighted by Crippen LogP contribution is -2.28. The molecule has 0 aliphatic carbocycles. The monoisotopic (exact) mass is 304 g/mol. The second kappa shape index (κ2) is 6.60. The van der Waals surface area contributed by atoms with Gasteiger partial charge in [0, 0.05) is 15.5 Å². The van der Waals surface area contributed by atoms with Crippen LogP contribution in [0.2, 0.25) is 5.02 Å². The highest BCUT2D eigenvalue weighted by atomic mass is 79.9. The molecule has 0 heterocycles. The van der Waals surface area contributed by atoms with Crippen LogP contribution in [0.5, 0.6) is 0 Å². The maximum atomic E-state index is 6.02. The van der Waals surface area contributed by atoms with Crippen molar-refractivity contribution in [2.75, 3.05) is 0 Å². The van der Waals surface area contributed by atoms with Crippen LogP contribution in [0.1, 0.15) is 38.3 Å². The van der Waals surface area contributed by atoms with Gasteiger partial charge in [-0.15, -0.1) is 0 Å². The number of rotatable bonds is 5. The van der Waals surface area contributed by atoms with E-state index >= 15 is 0 Å². The van der Waals surface area contributed by atoms with Crippen molar-refractivity contribution in [3.63, 3.8) is 0 Å². The van der Waals surface area contributed by atoms with Crippen LogP contribution in [0.15, 0.2) is 22.7 Å². The Labute approximate surface area is 111 Å². The molecule has 0 aliphatic heterocycles. The van der Waals surface area contributed by atoms with Gasteiger partial charge in [0.2, 0.25) is 0 Å². The van der Waals surface area contributed by atoms with Crippen LogP contribution in [0.25, 0.3) is 0 Å². The molecular formula is C12H18BrClN2. The maximum Gasteiger partial charge on any atom is 0.0461 e. The van der Waals surface area contributed by atoms with E-state index in [9.17, 15) is 0 Å². The molecule has 0 radical (unpaired) electrons. The third-order valence-corrected chi connectivity index (χ3v) is 3.20. The molecule has 90 valence electrons. The molecule has 1 unspecified atom stereocenters. The van der Waals surface area contributed by atoms with Crippen molar-refractivity contribution in [1.82, 2.24) is 5.43 Å². The molecule has 0 saturated carbocycles. The van der Waals surface area contributed by atoms with Crippen LogP contribution >= 0.6 is 27.5 Å². The van der Waals surface area contributed by atoms with Gasteiger partial charge in [0.05, 0.1) is 0 Å². The van der Waals surface area contributed by atoms with Gasteiger partial charge in [0.1, 0.15) is 0 Å². The smallest absolute Gasteiger partial charge is 0.0461 e. The number of halogens is 2. The molecule has 0 saturated heterocycles. The van der Waals surface area contributed by atoms with Gasteiger partial charge in [0.15, 0.2) is 0 Å². The molecule has 0 spiro atoms. The van der Waals surface area contributed by atoms with Crippen molar-refractivity contribution in [3.8, 4) is 0 Å². The lowest BCUT2D eigenvalue weighted by molar-refractivity contribution is 0.448. The Bertz CT molecular complexity index is 322. The maximum absolute atomic E-state index is 6.02. The lowest BCUT2D eigenvalue weighted by atomic mass is 9.98. The number of benzene rings is 1. The fourth-order valence-corrected chi connectivity index (χ4v) is 2.51. The van der Waals surface area contributed by atoms with Crippen molar-refractivity contribution in [2.24, 2.45) is 11.8 Å². The van der Waals surface area contributed by atoms with Crippen LogP contribution in [-0.4, -0.2) is 0 Å². The number of nitrogens with two attached hydrogens (primary N) is 1. The Hall–Kier alpha value is -0.0900. The minimum Gasteiger partial charge on any atom is -0.271 e. The molecule has 0 bridgehead atoms. The van der Waals surface area contributed by atoms with E-state index in [0.717, 1.165) is 27.9 Å². The Kier molecular flexibility index (Phi) is 5.76. The first kappa shape index (κ1) is 14.0. The summed E-state index contributed by atoms with van der Waals surface area (Å²) in [5.41, 5.74) is 3.98. The van der Waals surface area contributed by atoms with Gasteiger partial charge in [0.25, 0.3) is 0 Å². The zero-order valence-corrected chi connectivity index (χ0v) is 12.0. The van der Waals surface area contributed by atoms with E-state index in [1.807, 2.05) is 12.1 Å². The molecule has 1 atom stereocenters. The largest absolute Gasteiger partial charge is 0.271 e. The third kappa shape index (κ3) is 4.42. The van der Waals surface area contributed by atoms with Crippen LogP contribution in [0.4, 0.5) is 0 Å². The molecule has 0 amide bonds. The summed E-state index contributed by atoms with van der Waals surface area (Å²) in [4.78, 5) is 0. The Morgan fingerprint density at radius 1 is 1.31 bits per heavy atom. The van der Waals surface area contributed by atoms with Gasteiger partial charge in [-0.2, -0.15) is 0 Å². The fourth-order valence-electron chi connectivity index (χ4n) is 1.62. The fraction of sp³-hybridized carbons (Fsp3) is 0.500. The predicted octanol–water partition coefficient (Wildman–Crippen LogP) is 4.04. The molecule has 2 nitrogen and oxygen atoms in total. The van der Waals surface area contributed by atoms with Crippen LogP contribution in [-0.2, 0) is 0 Å². The highest BCUT2D eigenvalue weighted by Gasteiger charge is 2.11. The third-order valence-electron chi connectivity index (χ3n) is 2.52. The SMILES string of the molecule is CC(C)CCC(NN)c1cc(Cl)cc(Br)c1. The van der Waals surface area contributed by atoms with Crippen molar-refractivity contribution < 1.29 is 0 Å². The molecule has 4 heteroatoms. The van der Waals surface area contributed by atoms with Gasteiger partial charge in [-0.1, -0.05) is 41.4 Å².